The first-order chi connectivity index (χ1) is 19.6. The van der Waals surface area contributed by atoms with Gasteiger partial charge >= 0.3 is 0 Å². The summed E-state index contributed by atoms with van der Waals surface area (Å²) in [6, 6.07) is 10.5. The van der Waals surface area contributed by atoms with Crippen LogP contribution in [0.4, 0.5) is 17.1 Å². The molecule has 13 heteroatoms. The van der Waals surface area contributed by atoms with E-state index in [0.29, 0.717) is 27.0 Å². The van der Waals surface area contributed by atoms with Gasteiger partial charge < -0.3 is 21.7 Å². The zero-order chi connectivity index (χ0) is 30.4. The molecule has 0 saturated carbocycles. The Morgan fingerprint density at radius 1 is 0.756 bits per heavy atom. The van der Waals surface area contributed by atoms with Gasteiger partial charge in [0.25, 0.3) is 11.8 Å². The third kappa shape index (κ3) is 10.2. The minimum absolute atomic E-state index is 0.224. The second kappa shape index (κ2) is 17.0. The van der Waals surface area contributed by atoms with Crippen LogP contribution in [0.2, 0.25) is 15.3 Å². The van der Waals surface area contributed by atoms with Crippen LogP contribution in [0.1, 0.15) is 46.0 Å². The molecule has 0 saturated heterocycles. The van der Waals surface area contributed by atoms with Gasteiger partial charge in [-0.05, 0) is 49.2 Å². The number of hydrogen-bond donors (Lipinski definition) is 4. The number of rotatable bonds is 6. The number of pyridine rings is 4. The zero-order valence-corrected chi connectivity index (χ0v) is 25.3. The van der Waals surface area contributed by atoms with Crippen molar-refractivity contribution in [2.75, 3.05) is 25.1 Å². The lowest BCUT2D eigenvalue weighted by Crippen LogP contribution is -2.19. The molecule has 0 radical (unpaired) electrons. The molecule has 0 spiro atoms. The fourth-order valence-corrected chi connectivity index (χ4v) is 3.89. The Morgan fingerprint density at radius 2 is 1.29 bits per heavy atom. The molecule has 4 aromatic rings. The zero-order valence-electron chi connectivity index (χ0n) is 23.0. The van der Waals surface area contributed by atoms with E-state index in [-0.39, 0.29) is 17.0 Å². The van der Waals surface area contributed by atoms with Gasteiger partial charge in [0.15, 0.2) is 0 Å². The minimum Gasteiger partial charge on any atom is -0.397 e. The van der Waals surface area contributed by atoms with E-state index in [0.717, 1.165) is 35.6 Å². The smallest absolute Gasteiger partial charge is 0.254 e. The predicted molar refractivity (Wildman–Crippen MR) is 165 cm³/mol. The topological polar surface area (TPSA) is 148 Å². The lowest BCUT2D eigenvalue weighted by Gasteiger charge is -2.13. The first-order valence-corrected chi connectivity index (χ1v) is 13.6. The highest BCUT2D eigenvalue weighted by Crippen LogP contribution is 2.25. The minimum atomic E-state index is -0.274. The van der Waals surface area contributed by atoms with Crippen LogP contribution in [0.15, 0.2) is 61.2 Å². The molecular formula is C28H31Cl3N8O2. The molecule has 4 heterocycles. The van der Waals surface area contributed by atoms with Crippen molar-refractivity contribution >= 4 is 63.7 Å². The summed E-state index contributed by atoms with van der Waals surface area (Å²) >= 11 is 17.2. The molecule has 216 valence electrons. The van der Waals surface area contributed by atoms with Gasteiger partial charge in [-0.3, -0.25) is 19.6 Å². The van der Waals surface area contributed by atoms with Crippen LogP contribution in [0.3, 0.4) is 0 Å². The molecule has 0 bridgehead atoms. The maximum absolute atomic E-state index is 11.8. The van der Waals surface area contributed by atoms with E-state index in [1.165, 1.54) is 25.5 Å². The molecule has 0 aliphatic rings. The third-order valence-electron chi connectivity index (χ3n) is 5.39. The van der Waals surface area contributed by atoms with Crippen LogP contribution in [0, 0.1) is 0 Å². The van der Waals surface area contributed by atoms with E-state index >= 15 is 0 Å². The Kier molecular flexibility index (Phi) is 13.7. The fourth-order valence-electron chi connectivity index (χ4n) is 3.28. The number of anilines is 3. The number of aromatic nitrogens is 4. The Bertz CT molecular complexity index is 1470. The maximum atomic E-state index is 11.8. The van der Waals surface area contributed by atoms with Crippen molar-refractivity contribution in [1.82, 2.24) is 30.6 Å². The number of amides is 2. The van der Waals surface area contributed by atoms with Gasteiger partial charge in [0, 0.05) is 38.9 Å². The van der Waals surface area contributed by atoms with Crippen molar-refractivity contribution in [1.29, 1.82) is 0 Å². The van der Waals surface area contributed by atoms with Crippen LogP contribution in [0.5, 0.6) is 0 Å². The molecule has 0 aliphatic carbocycles. The number of nitrogens with one attached hydrogen (secondary N) is 3. The normalized spacial score (nSPS) is 9.83. The average molecular weight is 618 g/mol. The van der Waals surface area contributed by atoms with Gasteiger partial charge in [0.2, 0.25) is 0 Å². The molecule has 0 unspecified atom stereocenters. The summed E-state index contributed by atoms with van der Waals surface area (Å²) in [4.78, 5) is 38.9. The maximum Gasteiger partial charge on any atom is 0.254 e. The molecule has 2 amide bonds. The molecule has 0 aromatic carbocycles. The number of carbonyl (C=O) groups excluding carboxylic acids is 2. The molecule has 4 aromatic heterocycles. The molecule has 0 fully saturated rings. The van der Waals surface area contributed by atoms with Crippen molar-refractivity contribution in [2.24, 2.45) is 0 Å². The molecule has 41 heavy (non-hydrogen) atoms. The summed E-state index contributed by atoms with van der Waals surface area (Å²) in [5.74, 6) is -0.497. The van der Waals surface area contributed by atoms with Crippen molar-refractivity contribution < 1.29 is 9.59 Å². The third-order valence-corrected chi connectivity index (χ3v) is 6.11. The summed E-state index contributed by atoms with van der Waals surface area (Å²) in [5, 5.41) is 9.11. The summed E-state index contributed by atoms with van der Waals surface area (Å²) < 4.78 is 0. The highest BCUT2D eigenvalue weighted by Gasteiger charge is 2.13. The predicted octanol–water partition coefficient (Wildman–Crippen LogP) is 5.77. The van der Waals surface area contributed by atoms with Gasteiger partial charge in [0.1, 0.15) is 10.3 Å². The van der Waals surface area contributed by atoms with Crippen LogP contribution in [-0.2, 0) is 12.8 Å². The van der Waals surface area contributed by atoms with E-state index in [4.69, 9.17) is 40.5 Å². The quantitative estimate of drug-likeness (QED) is 0.199. The number of carbonyl (C=O) groups is 2. The van der Waals surface area contributed by atoms with Crippen LogP contribution >= 0.6 is 34.8 Å². The number of aryl methyl sites for hydroxylation is 2. The number of nitrogen functional groups attached to an aromatic ring is 1. The van der Waals surface area contributed by atoms with Crippen molar-refractivity contribution in [2.45, 2.75) is 26.7 Å². The second-order valence-corrected chi connectivity index (χ2v) is 9.25. The summed E-state index contributed by atoms with van der Waals surface area (Å²) in [7, 11) is 3.09. The second-order valence-electron chi connectivity index (χ2n) is 8.07. The van der Waals surface area contributed by atoms with Gasteiger partial charge in [-0.2, -0.15) is 0 Å². The van der Waals surface area contributed by atoms with E-state index in [1.54, 1.807) is 25.5 Å². The van der Waals surface area contributed by atoms with E-state index in [1.807, 2.05) is 38.1 Å². The SMILES string of the molecule is CCc1ncccc1N.CCc1ncccc1Nc1cc(Cl)ncc1C(=O)NC.CNC(=O)c1cnc(Cl)cc1Cl. The Morgan fingerprint density at radius 3 is 1.83 bits per heavy atom. The molecule has 4 rings (SSSR count). The Balaban J connectivity index is 0.000000237. The van der Waals surface area contributed by atoms with E-state index in [2.05, 4.69) is 35.9 Å². The highest BCUT2D eigenvalue weighted by atomic mass is 35.5. The molecule has 0 aliphatic heterocycles. The largest absolute Gasteiger partial charge is 0.397 e. The molecular weight excluding hydrogens is 587 g/mol. The number of nitrogens with two attached hydrogens (primary N) is 1. The average Bonchev–Trinajstić information content (AvgIpc) is 2.98. The number of halogens is 3. The first kappa shape index (κ1) is 33.2. The van der Waals surface area contributed by atoms with Gasteiger partial charge in [0.05, 0.1) is 44.6 Å². The van der Waals surface area contributed by atoms with Crippen molar-refractivity contribution in [3.63, 3.8) is 0 Å². The standard InChI is InChI=1S/C14H15ClN4O.C7H6Cl2N2O.C7H10N2/c1-3-10-11(5-4-6-17-10)19-12-7-13(15)18-8-9(12)14(20)16-2;1-10-7(12)4-3-11-6(9)2-5(4)8;1-2-7-6(8)4-3-5-9-7/h4-8H,3H2,1-2H3,(H,16,20)(H,18,19);2-3H,1H3,(H,10,12);3-5H,2,8H2,1H3. The molecule has 5 N–H and O–H groups in total. The highest BCUT2D eigenvalue weighted by molar-refractivity contribution is 6.36. The Labute approximate surface area is 254 Å². The van der Waals surface area contributed by atoms with Gasteiger partial charge in [-0.1, -0.05) is 48.7 Å². The monoisotopic (exact) mass is 616 g/mol. The molecule has 10 nitrogen and oxygen atoms in total. The first-order valence-electron chi connectivity index (χ1n) is 12.5. The Hall–Kier alpha value is -3.99. The lowest BCUT2D eigenvalue weighted by atomic mass is 10.2. The fraction of sp³-hybridized carbons (Fsp3) is 0.214. The van der Waals surface area contributed by atoms with Gasteiger partial charge in [-0.15, -0.1) is 0 Å². The summed E-state index contributed by atoms with van der Waals surface area (Å²) in [6.07, 6.45) is 7.98. The van der Waals surface area contributed by atoms with Gasteiger partial charge in [-0.25, -0.2) is 9.97 Å². The van der Waals surface area contributed by atoms with Crippen molar-refractivity contribution in [3.05, 3.63) is 99.0 Å². The lowest BCUT2D eigenvalue weighted by molar-refractivity contribution is 0.0955. The van der Waals surface area contributed by atoms with E-state index in [9.17, 15) is 9.59 Å². The van der Waals surface area contributed by atoms with Crippen LogP contribution in [0.25, 0.3) is 0 Å². The summed E-state index contributed by atoms with van der Waals surface area (Å²) in [5.41, 5.74) is 10.5. The van der Waals surface area contributed by atoms with Crippen molar-refractivity contribution in [3.8, 4) is 0 Å². The van der Waals surface area contributed by atoms with E-state index < -0.39 is 0 Å². The van der Waals surface area contributed by atoms with Crippen LogP contribution < -0.4 is 21.7 Å². The number of nitrogens with zero attached hydrogens (tertiary/aromatic N) is 4. The molecule has 0 atom stereocenters. The number of hydrogen-bond acceptors (Lipinski definition) is 8. The van der Waals surface area contributed by atoms with Crippen LogP contribution in [-0.4, -0.2) is 45.8 Å². The summed E-state index contributed by atoms with van der Waals surface area (Å²) in [6.45, 7) is 4.06.